The fraction of sp³-hybridized carbons (Fsp3) is 0.615. The Morgan fingerprint density at radius 3 is 2.78 bits per heavy atom. The maximum atomic E-state index is 5.54. The summed E-state index contributed by atoms with van der Waals surface area (Å²) in [5.41, 5.74) is 5.54. The number of rotatable bonds is 5. The Bertz CT molecular complexity index is 364. The first-order valence-corrected chi connectivity index (χ1v) is 6.51. The normalized spacial score (nSPS) is 16.9. The van der Waals surface area contributed by atoms with Gasteiger partial charge in [0.1, 0.15) is 0 Å². The molecule has 0 saturated carbocycles. The number of ether oxygens (including phenoxy) is 1. The molecule has 0 unspecified atom stereocenters. The Morgan fingerprint density at radius 2 is 2.11 bits per heavy atom. The molecule has 1 aromatic rings. The maximum Gasteiger partial charge on any atom is 0.171 e. The highest BCUT2D eigenvalue weighted by Gasteiger charge is 2.19. The highest BCUT2D eigenvalue weighted by atomic mass is 16.5. The third-order valence-corrected chi connectivity index (χ3v) is 3.32. The van der Waals surface area contributed by atoms with Crippen LogP contribution in [0, 0.1) is 0 Å². The largest absolute Gasteiger partial charge is 0.493 e. The Balaban J connectivity index is 1.92. The standard InChI is InChI=1S/C13H22N4O/c1-18-12-4-2-6-15-13(12)17-10-8-16(9-11-17)7-3-5-14/h2,4,6H,3,5,7-11,14H2,1H3. The Kier molecular flexibility index (Phi) is 4.78. The topological polar surface area (TPSA) is 54.6 Å². The van der Waals surface area contributed by atoms with E-state index in [4.69, 9.17) is 10.5 Å². The van der Waals surface area contributed by atoms with Crippen LogP contribution >= 0.6 is 0 Å². The summed E-state index contributed by atoms with van der Waals surface area (Å²) in [5.74, 6) is 1.81. The minimum Gasteiger partial charge on any atom is -0.493 e. The number of anilines is 1. The van der Waals surface area contributed by atoms with Crippen LogP contribution in [0.15, 0.2) is 18.3 Å². The monoisotopic (exact) mass is 250 g/mol. The first-order chi connectivity index (χ1) is 8.85. The minimum atomic E-state index is 0.772. The van der Waals surface area contributed by atoms with Crippen molar-refractivity contribution in [3.05, 3.63) is 18.3 Å². The van der Waals surface area contributed by atoms with Crippen LogP contribution in [0.4, 0.5) is 5.82 Å². The highest BCUT2D eigenvalue weighted by Crippen LogP contribution is 2.25. The predicted molar refractivity (Wildman–Crippen MR) is 73.1 cm³/mol. The molecular formula is C13H22N4O. The van der Waals surface area contributed by atoms with Gasteiger partial charge in [0.15, 0.2) is 11.6 Å². The van der Waals surface area contributed by atoms with Gasteiger partial charge in [0, 0.05) is 32.4 Å². The van der Waals surface area contributed by atoms with Crippen molar-refractivity contribution in [1.29, 1.82) is 0 Å². The molecule has 0 aliphatic carbocycles. The lowest BCUT2D eigenvalue weighted by atomic mass is 10.2. The highest BCUT2D eigenvalue weighted by molar-refractivity contribution is 5.52. The lowest BCUT2D eigenvalue weighted by Crippen LogP contribution is -2.47. The third-order valence-electron chi connectivity index (χ3n) is 3.32. The molecule has 1 saturated heterocycles. The van der Waals surface area contributed by atoms with E-state index in [0.717, 1.165) is 57.3 Å². The molecule has 2 N–H and O–H groups in total. The van der Waals surface area contributed by atoms with Crippen LogP contribution in [0.3, 0.4) is 0 Å². The summed E-state index contributed by atoms with van der Waals surface area (Å²) < 4.78 is 5.36. The van der Waals surface area contributed by atoms with Gasteiger partial charge in [-0.15, -0.1) is 0 Å². The summed E-state index contributed by atoms with van der Waals surface area (Å²) in [6.45, 7) is 6.01. The summed E-state index contributed by atoms with van der Waals surface area (Å²) in [5, 5.41) is 0. The molecule has 0 spiro atoms. The van der Waals surface area contributed by atoms with Gasteiger partial charge in [0.05, 0.1) is 7.11 Å². The molecule has 100 valence electrons. The fourth-order valence-corrected chi connectivity index (χ4v) is 2.28. The molecule has 1 aromatic heterocycles. The Labute approximate surface area is 109 Å². The first kappa shape index (κ1) is 13.1. The number of hydrogen-bond donors (Lipinski definition) is 1. The van der Waals surface area contributed by atoms with E-state index in [-0.39, 0.29) is 0 Å². The minimum absolute atomic E-state index is 0.772. The van der Waals surface area contributed by atoms with Gasteiger partial charge >= 0.3 is 0 Å². The number of aromatic nitrogens is 1. The van der Waals surface area contributed by atoms with Crippen molar-refractivity contribution in [1.82, 2.24) is 9.88 Å². The second kappa shape index (κ2) is 6.56. The van der Waals surface area contributed by atoms with E-state index >= 15 is 0 Å². The zero-order valence-corrected chi connectivity index (χ0v) is 11.0. The molecule has 2 rings (SSSR count). The van der Waals surface area contributed by atoms with Crippen molar-refractivity contribution in [2.45, 2.75) is 6.42 Å². The number of methoxy groups -OCH3 is 1. The van der Waals surface area contributed by atoms with Crippen LogP contribution in [0.5, 0.6) is 5.75 Å². The second-order valence-corrected chi connectivity index (χ2v) is 4.50. The van der Waals surface area contributed by atoms with Gasteiger partial charge in [0.25, 0.3) is 0 Å². The van der Waals surface area contributed by atoms with Gasteiger partial charge in [-0.2, -0.15) is 0 Å². The molecular weight excluding hydrogens is 228 g/mol. The van der Waals surface area contributed by atoms with Gasteiger partial charge in [0.2, 0.25) is 0 Å². The number of nitrogens with two attached hydrogens (primary N) is 1. The van der Waals surface area contributed by atoms with Crippen LogP contribution < -0.4 is 15.4 Å². The van der Waals surface area contributed by atoms with E-state index in [2.05, 4.69) is 14.8 Å². The van der Waals surface area contributed by atoms with Crippen molar-refractivity contribution in [2.24, 2.45) is 5.73 Å². The van der Waals surface area contributed by atoms with E-state index in [0.29, 0.717) is 0 Å². The summed E-state index contributed by atoms with van der Waals surface area (Å²) >= 11 is 0. The van der Waals surface area contributed by atoms with E-state index < -0.39 is 0 Å². The van der Waals surface area contributed by atoms with Gasteiger partial charge in [-0.1, -0.05) is 0 Å². The molecule has 0 amide bonds. The van der Waals surface area contributed by atoms with Crippen LogP contribution in [0.2, 0.25) is 0 Å². The summed E-state index contributed by atoms with van der Waals surface area (Å²) in [4.78, 5) is 9.17. The van der Waals surface area contributed by atoms with Crippen LogP contribution in [-0.2, 0) is 0 Å². The van der Waals surface area contributed by atoms with Crippen molar-refractivity contribution in [3.63, 3.8) is 0 Å². The van der Waals surface area contributed by atoms with E-state index in [1.165, 1.54) is 0 Å². The zero-order chi connectivity index (χ0) is 12.8. The van der Waals surface area contributed by atoms with Crippen molar-refractivity contribution in [3.8, 4) is 5.75 Å². The number of nitrogens with zero attached hydrogens (tertiary/aromatic N) is 3. The summed E-state index contributed by atoms with van der Waals surface area (Å²) in [6.07, 6.45) is 2.89. The van der Waals surface area contributed by atoms with Gasteiger partial charge in [-0.05, 0) is 31.6 Å². The molecule has 0 atom stereocenters. The molecule has 5 nitrogen and oxygen atoms in total. The quantitative estimate of drug-likeness (QED) is 0.827. The van der Waals surface area contributed by atoms with Gasteiger partial charge in [-0.25, -0.2) is 4.98 Å². The van der Waals surface area contributed by atoms with Crippen molar-refractivity contribution >= 4 is 5.82 Å². The first-order valence-electron chi connectivity index (χ1n) is 6.51. The summed E-state index contributed by atoms with van der Waals surface area (Å²) in [6, 6.07) is 3.86. The molecule has 5 heteroatoms. The molecule has 1 aliphatic rings. The molecule has 0 aromatic carbocycles. The second-order valence-electron chi connectivity index (χ2n) is 4.50. The predicted octanol–water partition coefficient (Wildman–Crippen LogP) is 0.561. The SMILES string of the molecule is COc1cccnc1N1CCN(CCCN)CC1. The van der Waals surface area contributed by atoms with E-state index in [9.17, 15) is 0 Å². The van der Waals surface area contributed by atoms with Crippen LogP contribution in [-0.4, -0.2) is 56.3 Å². The number of pyridine rings is 1. The van der Waals surface area contributed by atoms with Crippen LogP contribution in [0.25, 0.3) is 0 Å². The maximum absolute atomic E-state index is 5.54. The average molecular weight is 250 g/mol. The molecule has 18 heavy (non-hydrogen) atoms. The molecule has 0 radical (unpaired) electrons. The lowest BCUT2D eigenvalue weighted by Gasteiger charge is -2.35. The van der Waals surface area contributed by atoms with Crippen LogP contribution in [0.1, 0.15) is 6.42 Å². The molecule has 2 heterocycles. The average Bonchev–Trinajstić information content (AvgIpc) is 2.45. The number of piperazine rings is 1. The van der Waals surface area contributed by atoms with Crippen molar-refractivity contribution < 1.29 is 4.74 Å². The van der Waals surface area contributed by atoms with Crippen molar-refractivity contribution in [2.75, 3.05) is 51.3 Å². The lowest BCUT2D eigenvalue weighted by molar-refractivity contribution is 0.255. The number of hydrogen-bond acceptors (Lipinski definition) is 5. The third kappa shape index (κ3) is 3.11. The summed E-state index contributed by atoms with van der Waals surface area (Å²) in [7, 11) is 1.69. The van der Waals surface area contributed by atoms with E-state index in [1.807, 2.05) is 18.3 Å². The molecule has 1 aliphatic heterocycles. The van der Waals surface area contributed by atoms with Gasteiger partial charge in [-0.3, -0.25) is 4.90 Å². The Hall–Kier alpha value is -1.33. The van der Waals surface area contributed by atoms with E-state index in [1.54, 1.807) is 7.11 Å². The molecule has 0 bridgehead atoms. The fourth-order valence-electron chi connectivity index (χ4n) is 2.28. The zero-order valence-electron chi connectivity index (χ0n) is 11.0. The molecule has 1 fully saturated rings. The smallest absolute Gasteiger partial charge is 0.171 e. The van der Waals surface area contributed by atoms with Gasteiger partial charge < -0.3 is 15.4 Å². The Morgan fingerprint density at radius 1 is 1.33 bits per heavy atom.